The largest absolute Gasteiger partial charge is 0.476 e. The molecule has 0 spiro atoms. The van der Waals surface area contributed by atoms with Crippen molar-refractivity contribution in [3.05, 3.63) is 52.3 Å². The van der Waals surface area contributed by atoms with Crippen LogP contribution in [0.3, 0.4) is 0 Å². The third kappa shape index (κ3) is 2.72. The van der Waals surface area contributed by atoms with Gasteiger partial charge in [-0.1, -0.05) is 23.2 Å². The Morgan fingerprint density at radius 2 is 2.00 bits per heavy atom. The number of hydrogen-bond acceptors (Lipinski definition) is 3. The minimum absolute atomic E-state index is 0.106. The Labute approximate surface area is 113 Å². The number of pyridine rings is 1. The number of aromatic carboxylic acids is 1. The van der Waals surface area contributed by atoms with Crippen molar-refractivity contribution in [3.8, 4) is 11.5 Å². The molecule has 0 bridgehead atoms. The summed E-state index contributed by atoms with van der Waals surface area (Å²) in [6.45, 7) is 0. The van der Waals surface area contributed by atoms with Crippen molar-refractivity contribution in [2.45, 2.75) is 0 Å². The SMILES string of the molecule is O=C(O)c1ncccc1Oc1cc(Cl)ccc1Cl. The second-order valence-electron chi connectivity index (χ2n) is 3.33. The molecule has 0 unspecified atom stereocenters. The van der Waals surface area contributed by atoms with Crippen LogP contribution < -0.4 is 4.74 Å². The summed E-state index contributed by atoms with van der Waals surface area (Å²) in [5, 5.41) is 9.74. The lowest BCUT2D eigenvalue weighted by atomic mass is 10.3. The van der Waals surface area contributed by atoms with Crippen molar-refractivity contribution in [1.29, 1.82) is 0 Å². The standard InChI is InChI=1S/C12H7Cl2NO3/c13-7-3-4-8(14)10(6-7)18-9-2-1-5-15-11(9)12(16)17/h1-6H,(H,16,17). The summed E-state index contributed by atoms with van der Waals surface area (Å²) in [7, 11) is 0. The summed E-state index contributed by atoms with van der Waals surface area (Å²) in [5.41, 5.74) is -0.187. The summed E-state index contributed by atoms with van der Waals surface area (Å²) < 4.78 is 5.42. The van der Waals surface area contributed by atoms with Gasteiger partial charge in [-0.3, -0.25) is 0 Å². The fourth-order valence-corrected chi connectivity index (χ4v) is 1.63. The van der Waals surface area contributed by atoms with Crippen LogP contribution in [0, 0.1) is 0 Å². The summed E-state index contributed by atoms with van der Waals surface area (Å²) in [6.07, 6.45) is 1.37. The minimum Gasteiger partial charge on any atom is -0.476 e. The second kappa shape index (κ2) is 5.25. The van der Waals surface area contributed by atoms with Crippen molar-refractivity contribution in [2.24, 2.45) is 0 Å². The van der Waals surface area contributed by atoms with Gasteiger partial charge >= 0.3 is 5.97 Å². The normalized spacial score (nSPS) is 10.1. The number of aromatic nitrogens is 1. The quantitative estimate of drug-likeness (QED) is 0.929. The molecule has 0 saturated heterocycles. The highest BCUT2D eigenvalue weighted by Crippen LogP contribution is 2.32. The Hall–Kier alpha value is -1.78. The molecule has 1 heterocycles. The third-order valence-corrected chi connectivity index (χ3v) is 2.63. The van der Waals surface area contributed by atoms with Crippen LogP contribution in [0.15, 0.2) is 36.5 Å². The molecular weight excluding hydrogens is 277 g/mol. The Balaban J connectivity index is 2.40. The van der Waals surface area contributed by atoms with E-state index in [0.29, 0.717) is 10.0 Å². The second-order valence-corrected chi connectivity index (χ2v) is 4.18. The van der Waals surface area contributed by atoms with Crippen LogP contribution in [0.25, 0.3) is 0 Å². The van der Waals surface area contributed by atoms with Crippen LogP contribution in [0.4, 0.5) is 0 Å². The molecule has 2 rings (SSSR count). The van der Waals surface area contributed by atoms with E-state index < -0.39 is 5.97 Å². The fraction of sp³-hybridized carbons (Fsp3) is 0. The molecule has 1 N–H and O–H groups in total. The number of carboxylic acids is 1. The fourth-order valence-electron chi connectivity index (χ4n) is 1.31. The molecule has 0 radical (unpaired) electrons. The van der Waals surface area contributed by atoms with E-state index in [1.165, 1.54) is 18.3 Å². The molecule has 4 nitrogen and oxygen atoms in total. The zero-order chi connectivity index (χ0) is 13.1. The zero-order valence-electron chi connectivity index (χ0n) is 8.93. The van der Waals surface area contributed by atoms with Crippen LogP contribution in [0.1, 0.15) is 10.5 Å². The summed E-state index contributed by atoms with van der Waals surface area (Å²) in [4.78, 5) is 14.7. The number of halogens is 2. The maximum Gasteiger partial charge on any atom is 0.358 e. The molecule has 0 amide bonds. The molecular formula is C12H7Cl2NO3. The van der Waals surface area contributed by atoms with Gasteiger partial charge in [0.05, 0.1) is 5.02 Å². The van der Waals surface area contributed by atoms with Crippen LogP contribution >= 0.6 is 23.2 Å². The lowest BCUT2D eigenvalue weighted by Crippen LogP contribution is -2.02. The van der Waals surface area contributed by atoms with Crippen molar-refractivity contribution in [3.63, 3.8) is 0 Å². The Morgan fingerprint density at radius 3 is 2.72 bits per heavy atom. The van der Waals surface area contributed by atoms with E-state index in [1.807, 2.05) is 0 Å². The molecule has 92 valence electrons. The van der Waals surface area contributed by atoms with Gasteiger partial charge < -0.3 is 9.84 Å². The number of ether oxygens (including phenoxy) is 1. The highest BCUT2D eigenvalue weighted by atomic mass is 35.5. The molecule has 18 heavy (non-hydrogen) atoms. The average Bonchev–Trinajstić information content (AvgIpc) is 2.34. The van der Waals surface area contributed by atoms with Crippen molar-refractivity contribution in [1.82, 2.24) is 4.98 Å². The highest BCUT2D eigenvalue weighted by molar-refractivity contribution is 6.34. The first-order valence-corrected chi connectivity index (χ1v) is 5.65. The van der Waals surface area contributed by atoms with Gasteiger partial charge in [-0.25, -0.2) is 9.78 Å². The monoisotopic (exact) mass is 283 g/mol. The third-order valence-electron chi connectivity index (χ3n) is 2.09. The molecule has 0 aliphatic rings. The van der Waals surface area contributed by atoms with Crippen molar-refractivity contribution < 1.29 is 14.6 Å². The maximum atomic E-state index is 11.0. The van der Waals surface area contributed by atoms with Gasteiger partial charge in [-0.15, -0.1) is 0 Å². The van der Waals surface area contributed by atoms with E-state index >= 15 is 0 Å². The Kier molecular flexibility index (Phi) is 3.69. The molecule has 1 aromatic heterocycles. The van der Waals surface area contributed by atoms with Gasteiger partial charge in [0.25, 0.3) is 0 Å². The molecule has 2 aromatic rings. The lowest BCUT2D eigenvalue weighted by Gasteiger charge is -2.09. The smallest absolute Gasteiger partial charge is 0.358 e. The molecule has 0 saturated carbocycles. The van der Waals surface area contributed by atoms with Gasteiger partial charge in [-0.2, -0.15) is 0 Å². The van der Waals surface area contributed by atoms with E-state index in [0.717, 1.165) is 0 Å². The van der Waals surface area contributed by atoms with Gasteiger partial charge in [-0.05, 0) is 24.3 Å². The number of carboxylic acid groups (broad SMARTS) is 1. The number of benzene rings is 1. The van der Waals surface area contributed by atoms with Crippen molar-refractivity contribution >= 4 is 29.2 Å². The molecule has 0 atom stereocenters. The number of hydrogen-bond donors (Lipinski definition) is 1. The highest BCUT2D eigenvalue weighted by Gasteiger charge is 2.14. The predicted octanol–water partition coefficient (Wildman–Crippen LogP) is 3.88. The van der Waals surface area contributed by atoms with E-state index in [-0.39, 0.29) is 17.2 Å². The molecule has 1 aromatic carbocycles. The average molecular weight is 284 g/mol. The topological polar surface area (TPSA) is 59.4 Å². The zero-order valence-corrected chi connectivity index (χ0v) is 10.4. The molecule has 0 aliphatic heterocycles. The molecule has 0 aliphatic carbocycles. The summed E-state index contributed by atoms with van der Waals surface area (Å²) in [5.74, 6) is -0.794. The number of carbonyl (C=O) groups is 1. The number of nitrogens with zero attached hydrogens (tertiary/aromatic N) is 1. The minimum atomic E-state index is -1.18. The van der Waals surface area contributed by atoms with Gasteiger partial charge in [0.1, 0.15) is 5.75 Å². The van der Waals surface area contributed by atoms with Gasteiger partial charge in [0, 0.05) is 17.3 Å². The lowest BCUT2D eigenvalue weighted by molar-refractivity contribution is 0.0687. The van der Waals surface area contributed by atoms with Crippen LogP contribution in [0.5, 0.6) is 11.5 Å². The van der Waals surface area contributed by atoms with E-state index in [2.05, 4.69) is 4.98 Å². The van der Waals surface area contributed by atoms with Gasteiger partial charge in [0.2, 0.25) is 0 Å². The van der Waals surface area contributed by atoms with Crippen molar-refractivity contribution in [2.75, 3.05) is 0 Å². The van der Waals surface area contributed by atoms with E-state index in [9.17, 15) is 4.79 Å². The first-order valence-electron chi connectivity index (χ1n) is 4.89. The Morgan fingerprint density at radius 1 is 1.22 bits per heavy atom. The van der Waals surface area contributed by atoms with Crippen LogP contribution in [-0.2, 0) is 0 Å². The van der Waals surface area contributed by atoms with E-state index in [1.54, 1.807) is 18.2 Å². The summed E-state index contributed by atoms with van der Waals surface area (Å²) in [6, 6.07) is 7.74. The van der Waals surface area contributed by atoms with E-state index in [4.69, 9.17) is 33.0 Å². The predicted molar refractivity (Wildman–Crippen MR) is 67.7 cm³/mol. The maximum absolute atomic E-state index is 11.0. The molecule has 6 heteroatoms. The van der Waals surface area contributed by atoms with Crippen LogP contribution in [-0.4, -0.2) is 16.1 Å². The Bertz CT molecular complexity index is 602. The van der Waals surface area contributed by atoms with Crippen LogP contribution in [0.2, 0.25) is 10.0 Å². The summed E-state index contributed by atoms with van der Waals surface area (Å²) >= 11 is 11.7. The van der Waals surface area contributed by atoms with Gasteiger partial charge in [0.15, 0.2) is 11.4 Å². The number of rotatable bonds is 3. The first kappa shape index (κ1) is 12.7. The molecule has 0 fully saturated rings. The first-order chi connectivity index (χ1) is 8.58.